The SMILES string of the molecule is Cc1cnc(Cl)c(NC(=O)c2cccn2C(C)C)c1. The zero-order valence-electron chi connectivity index (χ0n) is 11.1. The number of amides is 1. The van der Waals surface area contributed by atoms with Crippen molar-refractivity contribution in [2.75, 3.05) is 5.32 Å². The van der Waals surface area contributed by atoms with Crippen LogP contribution in [0.1, 0.15) is 35.9 Å². The molecule has 0 atom stereocenters. The molecule has 0 aliphatic carbocycles. The highest BCUT2D eigenvalue weighted by molar-refractivity contribution is 6.32. The first kappa shape index (κ1) is 13.6. The second kappa shape index (κ2) is 5.45. The van der Waals surface area contributed by atoms with Gasteiger partial charge in [0.25, 0.3) is 5.91 Å². The molecule has 0 aliphatic heterocycles. The molecule has 2 heterocycles. The van der Waals surface area contributed by atoms with Gasteiger partial charge in [-0.05, 0) is 44.5 Å². The highest BCUT2D eigenvalue weighted by atomic mass is 35.5. The molecule has 0 radical (unpaired) electrons. The Morgan fingerprint density at radius 1 is 1.47 bits per heavy atom. The highest BCUT2D eigenvalue weighted by Crippen LogP contribution is 2.21. The van der Waals surface area contributed by atoms with Gasteiger partial charge in [0.15, 0.2) is 5.15 Å². The van der Waals surface area contributed by atoms with Crippen LogP contribution in [0.4, 0.5) is 5.69 Å². The fraction of sp³-hybridized carbons (Fsp3) is 0.286. The number of hydrogen-bond acceptors (Lipinski definition) is 2. The lowest BCUT2D eigenvalue weighted by Crippen LogP contribution is -2.18. The number of carbonyl (C=O) groups excluding carboxylic acids is 1. The smallest absolute Gasteiger partial charge is 0.272 e. The summed E-state index contributed by atoms with van der Waals surface area (Å²) < 4.78 is 1.91. The molecule has 5 heteroatoms. The van der Waals surface area contributed by atoms with Gasteiger partial charge in [0.1, 0.15) is 5.69 Å². The molecule has 0 aliphatic rings. The van der Waals surface area contributed by atoms with Crippen LogP contribution in [0.15, 0.2) is 30.6 Å². The van der Waals surface area contributed by atoms with Crippen molar-refractivity contribution < 1.29 is 4.79 Å². The molecule has 0 unspecified atom stereocenters. The number of aryl methyl sites for hydroxylation is 1. The Morgan fingerprint density at radius 2 is 2.21 bits per heavy atom. The zero-order chi connectivity index (χ0) is 14.0. The van der Waals surface area contributed by atoms with Gasteiger partial charge in [0.05, 0.1) is 5.69 Å². The Hall–Kier alpha value is -1.81. The molecule has 0 spiro atoms. The maximum Gasteiger partial charge on any atom is 0.272 e. The second-order valence-corrected chi connectivity index (χ2v) is 5.06. The summed E-state index contributed by atoms with van der Waals surface area (Å²) in [4.78, 5) is 16.3. The van der Waals surface area contributed by atoms with Crippen LogP contribution >= 0.6 is 11.6 Å². The molecule has 0 fully saturated rings. The van der Waals surface area contributed by atoms with Crippen molar-refractivity contribution in [2.24, 2.45) is 0 Å². The number of nitrogens with zero attached hydrogens (tertiary/aromatic N) is 2. The van der Waals surface area contributed by atoms with E-state index in [9.17, 15) is 4.79 Å². The van der Waals surface area contributed by atoms with Gasteiger partial charge >= 0.3 is 0 Å². The number of halogens is 1. The lowest BCUT2D eigenvalue weighted by Gasteiger charge is -2.13. The van der Waals surface area contributed by atoms with E-state index in [1.807, 2.05) is 37.6 Å². The second-order valence-electron chi connectivity index (χ2n) is 4.70. The average molecular weight is 278 g/mol. The van der Waals surface area contributed by atoms with Gasteiger partial charge in [0.2, 0.25) is 0 Å². The summed E-state index contributed by atoms with van der Waals surface area (Å²) in [6.45, 7) is 5.95. The summed E-state index contributed by atoms with van der Waals surface area (Å²) in [6.07, 6.45) is 3.55. The van der Waals surface area contributed by atoms with E-state index in [4.69, 9.17) is 11.6 Å². The summed E-state index contributed by atoms with van der Waals surface area (Å²) >= 11 is 5.97. The molecule has 0 bridgehead atoms. The van der Waals surface area contributed by atoms with E-state index in [0.29, 0.717) is 16.5 Å². The van der Waals surface area contributed by atoms with Crippen LogP contribution in [0.3, 0.4) is 0 Å². The first-order chi connectivity index (χ1) is 8.99. The van der Waals surface area contributed by atoms with E-state index in [1.165, 1.54) is 0 Å². The van der Waals surface area contributed by atoms with E-state index in [0.717, 1.165) is 5.56 Å². The number of anilines is 1. The molecule has 0 saturated carbocycles. The number of nitrogens with one attached hydrogen (secondary N) is 1. The van der Waals surface area contributed by atoms with Gasteiger partial charge in [-0.15, -0.1) is 0 Å². The lowest BCUT2D eigenvalue weighted by atomic mass is 10.3. The number of pyridine rings is 1. The predicted molar refractivity (Wildman–Crippen MR) is 76.8 cm³/mol. The van der Waals surface area contributed by atoms with E-state index < -0.39 is 0 Å². The number of aromatic nitrogens is 2. The minimum Gasteiger partial charge on any atom is -0.341 e. The summed E-state index contributed by atoms with van der Waals surface area (Å²) in [5, 5.41) is 3.09. The van der Waals surface area contributed by atoms with Gasteiger partial charge in [0, 0.05) is 18.4 Å². The molecular formula is C14H16ClN3O. The maximum absolute atomic E-state index is 12.2. The molecule has 1 N–H and O–H groups in total. The van der Waals surface area contributed by atoms with Gasteiger partial charge < -0.3 is 9.88 Å². The van der Waals surface area contributed by atoms with E-state index in [1.54, 1.807) is 18.3 Å². The van der Waals surface area contributed by atoms with E-state index in [-0.39, 0.29) is 11.9 Å². The first-order valence-corrected chi connectivity index (χ1v) is 6.47. The fourth-order valence-electron chi connectivity index (χ4n) is 1.86. The zero-order valence-corrected chi connectivity index (χ0v) is 11.9. The third-order valence-corrected chi connectivity index (χ3v) is 3.09. The van der Waals surface area contributed by atoms with Gasteiger partial charge in [-0.1, -0.05) is 11.6 Å². The Bertz CT molecular complexity index is 604. The molecular weight excluding hydrogens is 262 g/mol. The molecule has 2 aromatic rings. The van der Waals surface area contributed by atoms with Crippen LogP contribution in [0.25, 0.3) is 0 Å². The number of carbonyl (C=O) groups is 1. The van der Waals surface area contributed by atoms with Crippen LogP contribution in [0.5, 0.6) is 0 Å². The quantitative estimate of drug-likeness (QED) is 0.870. The van der Waals surface area contributed by atoms with Crippen molar-refractivity contribution in [3.05, 3.63) is 47.0 Å². The fourth-order valence-corrected chi connectivity index (χ4v) is 2.01. The number of hydrogen-bond donors (Lipinski definition) is 1. The van der Waals surface area contributed by atoms with E-state index >= 15 is 0 Å². The van der Waals surface area contributed by atoms with Gasteiger partial charge in [-0.25, -0.2) is 4.98 Å². The van der Waals surface area contributed by atoms with Crippen LogP contribution in [-0.4, -0.2) is 15.5 Å². The van der Waals surface area contributed by atoms with Crippen LogP contribution in [0, 0.1) is 6.92 Å². The summed E-state index contributed by atoms with van der Waals surface area (Å²) in [5.41, 5.74) is 2.08. The Kier molecular flexibility index (Phi) is 3.90. The van der Waals surface area contributed by atoms with Crippen LogP contribution < -0.4 is 5.32 Å². The van der Waals surface area contributed by atoms with Crippen molar-refractivity contribution in [2.45, 2.75) is 26.8 Å². The van der Waals surface area contributed by atoms with Crippen molar-refractivity contribution >= 4 is 23.2 Å². The maximum atomic E-state index is 12.2. The average Bonchev–Trinajstić information content (AvgIpc) is 2.83. The topological polar surface area (TPSA) is 46.9 Å². The molecule has 100 valence electrons. The van der Waals surface area contributed by atoms with Crippen LogP contribution in [-0.2, 0) is 0 Å². The summed E-state index contributed by atoms with van der Waals surface area (Å²) in [5.74, 6) is -0.187. The Balaban J connectivity index is 2.26. The standard InChI is InChI=1S/C14H16ClN3O/c1-9(2)18-6-4-5-12(18)14(19)17-11-7-10(3)8-16-13(11)15/h4-9H,1-3H3,(H,17,19). The van der Waals surface area contributed by atoms with Crippen molar-refractivity contribution in [3.8, 4) is 0 Å². The molecule has 2 rings (SSSR count). The lowest BCUT2D eigenvalue weighted by molar-refractivity contribution is 0.101. The molecule has 4 nitrogen and oxygen atoms in total. The minimum atomic E-state index is -0.187. The summed E-state index contributed by atoms with van der Waals surface area (Å²) in [7, 11) is 0. The van der Waals surface area contributed by atoms with Crippen molar-refractivity contribution in [1.82, 2.24) is 9.55 Å². The normalized spacial score (nSPS) is 10.8. The molecule has 2 aromatic heterocycles. The molecule has 19 heavy (non-hydrogen) atoms. The molecule has 1 amide bonds. The van der Waals surface area contributed by atoms with Crippen molar-refractivity contribution in [3.63, 3.8) is 0 Å². The number of rotatable bonds is 3. The van der Waals surface area contributed by atoms with Crippen molar-refractivity contribution in [1.29, 1.82) is 0 Å². The third-order valence-electron chi connectivity index (χ3n) is 2.79. The predicted octanol–water partition coefficient (Wildman–Crippen LogP) is 3.68. The summed E-state index contributed by atoms with van der Waals surface area (Å²) in [6, 6.07) is 5.66. The monoisotopic (exact) mass is 277 g/mol. The van der Waals surface area contributed by atoms with E-state index in [2.05, 4.69) is 10.3 Å². The Labute approximate surface area is 117 Å². The largest absolute Gasteiger partial charge is 0.341 e. The van der Waals surface area contributed by atoms with Gasteiger partial charge in [-0.2, -0.15) is 0 Å². The highest BCUT2D eigenvalue weighted by Gasteiger charge is 2.14. The Morgan fingerprint density at radius 3 is 2.89 bits per heavy atom. The van der Waals surface area contributed by atoms with Gasteiger partial charge in [-0.3, -0.25) is 4.79 Å². The minimum absolute atomic E-state index is 0.187. The third kappa shape index (κ3) is 2.96. The molecule has 0 saturated heterocycles. The molecule has 0 aromatic carbocycles. The first-order valence-electron chi connectivity index (χ1n) is 6.09. The van der Waals surface area contributed by atoms with Crippen LogP contribution in [0.2, 0.25) is 5.15 Å².